The van der Waals surface area contributed by atoms with Crippen LogP contribution >= 0.6 is 0 Å². The lowest BCUT2D eigenvalue weighted by Gasteiger charge is -2.38. The van der Waals surface area contributed by atoms with Crippen molar-refractivity contribution in [3.8, 4) is 0 Å². The summed E-state index contributed by atoms with van der Waals surface area (Å²) in [6.07, 6.45) is 2.42. The molecule has 0 aromatic heterocycles. The molecule has 1 heterocycles. The van der Waals surface area contributed by atoms with Crippen LogP contribution in [-0.4, -0.2) is 87.9 Å². The summed E-state index contributed by atoms with van der Waals surface area (Å²) in [7, 11) is 2.15. The predicted octanol–water partition coefficient (Wildman–Crippen LogP) is 1.63. The van der Waals surface area contributed by atoms with Gasteiger partial charge in [-0.15, -0.1) is 0 Å². The number of nitrogens with one attached hydrogen (secondary N) is 2. The van der Waals surface area contributed by atoms with Crippen molar-refractivity contribution < 1.29 is 4.74 Å². The molecule has 0 spiro atoms. The molecule has 1 unspecified atom stereocenters. The van der Waals surface area contributed by atoms with Crippen LogP contribution in [0.3, 0.4) is 0 Å². The highest BCUT2D eigenvalue weighted by atomic mass is 16.5. The Labute approximate surface area is 155 Å². The second-order valence-electron chi connectivity index (χ2n) is 6.83. The van der Waals surface area contributed by atoms with Gasteiger partial charge in [-0.25, -0.2) is 0 Å². The fourth-order valence-electron chi connectivity index (χ4n) is 3.35. The lowest BCUT2D eigenvalue weighted by molar-refractivity contribution is 0.00395. The van der Waals surface area contributed by atoms with Gasteiger partial charge in [0, 0.05) is 38.8 Å². The molecule has 1 rings (SSSR count). The van der Waals surface area contributed by atoms with E-state index in [2.05, 4.69) is 55.2 Å². The number of likely N-dealkylation sites (N-methyl/N-ethyl adjacent to an activating group) is 1. The van der Waals surface area contributed by atoms with Gasteiger partial charge in [0.2, 0.25) is 0 Å². The lowest BCUT2D eigenvalue weighted by Crippen LogP contribution is -2.49. The van der Waals surface area contributed by atoms with Gasteiger partial charge in [0.25, 0.3) is 0 Å². The van der Waals surface area contributed by atoms with Crippen LogP contribution in [0.15, 0.2) is 4.99 Å². The summed E-state index contributed by atoms with van der Waals surface area (Å²) >= 11 is 0. The Balaban J connectivity index is 2.67. The summed E-state index contributed by atoms with van der Waals surface area (Å²) in [6.45, 7) is 17.4. The largest absolute Gasteiger partial charge is 0.379 e. The number of ether oxygens (including phenoxy) is 1. The fourth-order valence-corrected chi connectivity index (χ4v) is 3.35. The van der Waals surface area contributed by atoms with Crippen molar-refractivity contribution in [1.29, 1.82) is 0 Å². The van der Waals surface area contributed by atoms with Crippen molar-refractivity contribution in [3.63, 3.8) is 0 Å². The van der Waals surface area contributed by atoms with Gasteiger partial charge >= 0.3 is 0 Å². The Morgan fingerprint density at radius 2 is 1.80 bits per heavy atom. The van der Waals surface area contributed by atoms with E-state index >= 15 is 0 Å². The molecule has 0 aliphatic carbocycles. The number of nitrogens with zero attached hydrogens (tertiary/aromatic N) is 3. The molecule has 1 atom stereocenters. The van der Waals surface area contributed by atoms with Crippen molar-refractivity contribution in [2.24, 2.45) is 10.9 Å². The molecule has 1 aliphatic rings. The minimum absolute atomic E-state index is 0.507. The van der Waals surface area contributed by atoms with Gasteiger partial charge in [-0.05, 0) is 26.4 Å². The monoisotopic (exact) mass is 355 g/mol. The second-order valence-corrected chi connectivity index (χ2v) is 6.83. The van der Waals surface area contributed by atoms with Gasteiger partial charge in [0.05, 0.1) is 19.8 Å². The second kappa shape index (κ2) is 13.4. The summed E-state index contributed by atoms with van der Waals surface area (Å²) in [5.74, 6) is 1.63. The van der Waals surface area contributed by atoms with Gasteiger partial charge in [-0.2, -0.15) is 0 Å². The Hall–Kier alpha value is -0.850. The molecule has 0 radical (unpaired) electrons. The molecule has 0 aromatic carbocycles. The molecule has 6 heteroatoms. The number of hydrogen-bond donors (Lipinski definition) is 2. The van der Waals surface area contributed by atoms with Gasteiger partial charge in [0.15, 0.2) is 5.96 Å². The zero-order chi connectivity index (χ0) is 18.5. The highest BCUT2D eigenvalue weighted by Gasteiger charge is 2.26. The van der Waals surface area contributed by atoms with E-state index < -0.39 is 0 Å². The van der Waals surface area contributed by atoms with Crippen LogP contribution in [0.4, 0.5) is 0 Å². The standard InChI is InChI=1S/C19H41N5O/c1-6-17(7-2)18(24-12-14-25-15-13-24)16-22-19(20-8-3)21-10-11-23(5)9-4/h17-18H,6-16H2,1-5H3,(H2,20,21,22). The highest BCUT2D eigenvalue weighted by Crippen LogP contribution is 2.20. The quantitative estimate of drug-likeness (QED) is 0.436. The zero-order valence-electron chi connectivity index (χ0n) is 17.2. The topological polar surface area (TPSA) is 52.1 Å². The van der Waals surface area contributed by atoms with E-state index in [0.717, 1.165) is 65.0 Å². The Kier molecular flexibility index (Phi) is 11.9. The molecule has 0 aromatic rings. The van der Waals surface area contributed by atoms with Gasteiger partial charge in [-0.1, -0.05) is 33.6 Å². The third-order valence-electron chi connectivity index (χ3n) is 5.21. The molecule has 2 N–H and O–H groups in total. The first-order chi connectivity index (χ1) is 12.2. The number of aliphatic imine (C=N–C) groups is 1. The molecule has 6 nitrogen and oxygen atoms in total. The van der Waals surface area contributed by atoms with Crippen molar-refractivity contribution in [1.82, 2.24) is 20.4 Å². The number of morpholine rings is 1. The van der Waals surface area contributed by atoms with Gasteiger partial charge < -0.3 is 20.3 Å². The first-order valence-corrected chi connectivity index (χ1v) is 10.2. The molecule has 0 amide bonds. The summed E-state index contributed by atoms with van der Waals surface area (Å²) in [5, 5.41) is 6.86. The molecule has 25 heavy (non-hydrogen) atoms. The molecule has 1 fully saturated rings. The van der Waals surface area contributed by atoms with Crippen LogP contribution in [0.25, 0.3) is 0 Å². The van der Waals surface area contributed by atoms with Crippen molar-refractivity contribution in [2.75, 3.05) is 66.1 Å². The van der Waals surface area contributed by atoms with Gasteiger partial charge in [-0.3, -0.25) is 9.89 Å². The van der Waals surface area contributed by atoms with E-state index in [0.29, 0.717) is 12.0 Å². The average Bonchev–Trinajstić information content (AvgIpc) is 2.65. The number of hydrogen-bond acceptors (Lipinski definition) is 4. The van der Waals surface area contributed by atoms with E-state index in [1.165, 1.54) is 12.8 Å². The molecule has 1 aliphatic heterocycles. The van der Waals surface area contributed by atoms with Crippen LogP contribution in [0.5, 0.6) is 0 Å². The minimum atomic E-state index is 0.507. The van der Waals surface area contributed by atoms with Crippen LogP contribution in [-0.2, 0) is 4.74 Å². The SMILES string of the molecule is CCNC(=NCC(C(CC)CC)N1CCOCC1)NCCN(C)CC. The maximum atomic E-state index is 5.54. The third-order valence-corrected chi connectivity index (χ3v) is 5.21. The number of guanidine groups is 1. The predicted molar refractivity (Wildman–Crippen MR) is 107 cm³/mol. The highest BCUT2D eigenvalue weighted by molar-refractivity contribution is 5.79. The molecule has 1 saturated heterocycles. The Morgan fingerprint density at radius 3 is 2.36 bits per heavy atom. The molecular formula is C19H41N5O. The van der Waals surface area contributed by atoms with E-state index in [1.54, 1.807) is 0 Å². The summed E-state index contributed by atoms with van der Waals surface area (Å²) in [6, 6.07) is 0.507. The van der Waals surface area contributed by atoms with E-state index in [-0.39, 0.29) is 0 Å². The molecule has 0 bridgehead atoms. The average molecular weight is 356 g/mol. The van der Waals surface area contributed by atoms with E-state index in [9.17, 15) is 0 Å². The van der Waals surface area contributed by atoms with Crippen molar-refractivity contribution in [2.45, 2.75) is 46.6 Å². The van der Waals surface area contributed by atoms with Gasteiger partial charge in [0.1, 0.15) is 0 Å². The summed E-state index contributed by atoms with van der Waals surface area (Å²) < 4.78 is 5.54. The summed E-state index contributed by atoms with van der Waals surface area (Å²) in [4.78, 5) is 9.81. The van der Waals surface area contributed by atoms with Crippen LogP contribution < -0.4 is 10.6 Å². The van der Waals surface area contributed by atoms with E-state index in [1.807, 2.05) is 0 Å². The molecular weight excluding hydrogens is 314 g/mol. The number of rotatable bonds is 11. The Morgan fingerprint density at radius 1 is 1.12 bits per heavy atom. The smallest absolute Gasteiger partial charge is 0.191 e. The third kappa shape index (κ3) is 8.38. The van der Waals surface area contributed by atoms with E-state index in [4.69, 9.17) is 9.73 Å². The van der Waals surface area contributed by atoms with Crippen LogP contribution in [0.1, 0.15) is 40.5 Å². The van der Waals surface area contributed by atoms with Crippen LogP contribution in [0.2, 0.25) is 0 Å². The van der Waals surface area contributed by atoms with Crippen LogP contribution in [0, 0.1) is 5.92 Å². The lowest BCUT2D eigenvalue weighted by atomic mass is 9.92. The normalized spacial score (nSPS) is 18.0. The molecule has 148 valence electrons. The Bertz CT molecular complexity index is 354. The zero-order valence-corrected chi connectivity index (χ0v) is 17.2. The maximum absolute atomic E-state index is 5.54. The maximum Gasteiger partial charge on any atom is 0.191 e. The first-order valence-electron chi connectivity index (χ1n) is 10.2. The van der Waals surface area contributed by atoms with Crippen molar-refractivity contribution >= 4 is 5.96 Å². The van der Waals surface area contributed by atoms with Crippen molar-refractivity contribution in [3.05, 3.63) is 0 Å². The summed E-state index contributed by atoms with van der Waals surface area (Å²) in [5.41, 5.74) is 0. The first kappa shape index (κ1) is 22.2. The fraction of sp³-hybridized carbons (Fsp3) is 0.947. The minimum Gasteiger partial charge on any atom is -0.379 e. The molecule has 0 saturated carbocycles.